The zero-order valence-corrected chi connectivity index (χ0v) is 12.3. The minimum Gasteiger partial charge on any atom is -0.360 e. The molecule has 4 rings (SSSR count). The van der Waals surface area contributed by atoms with Crippen molar-refractivity contribution in [2.24, 2.45) is 0 Å². The number of carbonyl (C=O) groups is 1. The van der Waals surface area contributed by atoms with E-state index >= 15 is 0 Å². The number of nitrogens with zero attached hydrogens (tertiary/aromatic N) is 2. The van der Waals surface area contributed by atoms with Crippen LogP contribution in [0.25, 0.3) is 10.7 Å². The number of hydrogen-bond acceptors (Lipinski definition) is 5. The maximum absolute atomic E-state index is 12.2. The van der Waals surface area contributed by atoms with Crippen molar-refractivity contribution in [3.63, 3.8) is 0 Å². The van der Waals surface area contributed by atoms with Gasteiger partial charge in [-0.05, 0) is 24.3 Å². The molecule has 0 bridgehead atoms. The van der Waals surface area contributed by atoms with Gasteiger partial charge in [-0.25, -0.2) is 4.98 Å². The molecule has 5 nitrogen and oxygen atoms in total. The number of fused-ring (bicyclic) bond motifs is 1. The van der Waals surface area contributed by atoms with Gasteiger partial charge < -0.3 is 10.6 Å². The Morgan fingerprint density at radius 3 is 2.77 bits per heavy atom. The third-order valence-corrected chi connectivity index (χ3v) is 4.33. The van der Waals surface area contributed by atoms with Gasteiger partial charge in [0.05, 0.1) is 17.0 Å². The molecule has 1 aromatic carbocycles. The summed E-state index contributed by atoms with van der Waals surface area (Å²) in [4.78, 5) is 21.0. The van der Waals surface area contributed by atoms with Gasteiger partial charge in [0.2, 0.25) is 0 Å². The number of anilines is 1. The molecule has 0 saturated heterocycles. The fourth-order valence-corrected chi connectivity index (χ4v) is 3.20. The van der Waals surface area contributed by atoms with Crippen LogP contribution < -0.4 is 10.6 Å². The Kier molecular flexibility index (Phi) is 3.08. The second-order valence-electron chi connectivity index (χ2n) is 4.89. The van der Waals surface area contributed by atoms with Crippen LogP contribution in [0.2, 0.25) is 0 Å². The molecule has 1 atom stereocenters. The molecule has 0 spiro atoms. The van der Waals surface area contributed by atoms with E-state index in [0.29, 0.717) is 5.56 Å². The number of carbonyl (C=O) groups excluding carboxylic acids is 1. The van der Waals surface area contributed by atoms with Crippen molar-refractivity contribution in [1.29, 1.82) is 0 Å². The number of amides is 1. The van der Waals surface area contributed by atoms with Gasteiger partial charge in [-0.1, -0.05) is 18.2 Å². The molecule has 0 fully saturated rings. The fraction of sp³-hybridized carbons (Fsp3) is 0.0625. The van der Waals surface area contributed by atoms with Gasteiger partial charge in [0.15, 0.2) is 0 Å². The molecule has 2 aromatic heterocycles. The summed E-state index contributed by atoms with van der Waals surface area (Å²) < 4.78 is 0. The van der Waals surface area contributed by atoms with E-state index < -0.39 is 0 Å². The summed E-state index contributed by atoms with van der Waals surface area (Å²) in [5.41, 5.74) is 3.09. The van der Waals surface area contributed by atoms with E-state index in [1.54, 1.807) is 12.3 Å². The second-order valence-corrected chi connectivity index (χ2v) is 5.75. The van der Waals surface area contributed by atoms with Gasteiger partial charge >= 0.3 is 0 Å². The van der Waals surface area contributed by atoms with Crippen molar-refractivity contribution < 1.29 is 4.79 Å². The SMILES string of the molecule is O=C1NC(c2csc(-c3ccccn3)n2)Nc2ccccc21. The Hall–Kier alpha value is -2.73. The highest BCUT2D eigenvalue weighted by molar-refractivity contribution is 7.13. The van der Waals surface area contributed by atoms with Crippen molar-refractivity contribution >= 4 is 22.9 Å². The molecule has 108 valence electrons. The van der Waals surface area contributed by atoms with E-state index in [1.807, 2.05) is 41.8 Å². The highest BCUT2D eigenvalue weighted by Crippen LogP contribution is 2.29. The minimum absolute atomic E-state index is 0.0910. The number of para-hydroxylation sites is 1. The highest BCUT2D eigenvalue weighted by atomic mass is 32.1. The fourth-order valence-electron chi connectivity index (χ4n) is 2.38. The van der Waals surface area contributed by atoms with Crippen LogP contribution in [0.5, 0.6) is 0 Å². The van der Waals surface area contributed by atoms with Gasteiger partial charge in [-0.2, -0.15) is 0 Å². The average Bonchev–Trinajstić information content (AvgIpc) is 3.06. The molecule has 22 heavy (non-hydrogen) atoms. The van der Waals surface area contributed by atoms with Crippen LogP contribution in [-0.4, -0.2) is 15.9 Å². The Morgan fingerprint density at radius 2 is 1.91 bits per heavy atom. The predicted molar refractivity (Wildman–Crippen MR) is 85.6 cm³/mol. The van der Waals surface area contributed by atoms with E-state index in [1.165, 1.54) is 11.3 Å². The maximum atomic E-state index is 12.2. The monoisotopic (exact) mass is 308 g/mol. The summed E-state index contributed by atoms with van der Waals surface area (Å²) >= 11 is 1.51. The molecule has 1 unspecified atom stereocenters. The topological polar surface area (TPSA) is 66.9 Å². The molecule has 3 aromatic rings. The number of hydrogen-bond donors (Lipinski definition) is 2. The third-order valence-electron chi connectivity index (χ3n) is 3.45. The van der Waals surface area contributed by atoms with Crippen LogP contribution in [0.1, 0.15) is 22.2 Å². The van der Waals surface area contributed by atoms with Gasteiger partial charge in [0.25, 0.3) is 5.91 Å². The zero-order valence-electron chi connectivity index (χ0n) is 11.5. The standard InChI is InChI=1S/C16H12N4OS/c21-15-10-5-1-2-6-11(10)18-14(20-15)13-9-22-16(19-13)12-7-3-4-8-17-12/h1-9,14,18H,(H,20,21). The molecule has 1 amide bonds. The molecule has 2 N–H and O–H groups in total. The Balaban J connectivity index is 1.64. The van der Waals surface area contributed by atoms with Crippen LogP contribution >= 0.6 is 11.3 Å². The van der Waals surface area contributed by atoms with E-state index in [4.69, 9.17) is 0 Å². The molecule has 6 heteroatoms. The van der Waals surface area contributed by atoms with Crippen LogP contribution in [-0.2, 0) is 0 Å². The van der Waals surface area contributed by atoms with Crippen molar-refractivity contribution in [2.45, 2.75) is 6.17 Å². The quantitative estimate of drug-likeness (QED) is 0.763. The van der Waals surface area contributed by atoms with Gasteiger partial charge in [0.1, 0.15) is 11.2 Å². The summed E-state index contributed by atoms with van der Waals surface area (Å²) in [5, 5.41) is 9.01. The van der Waals surface area contributed by atoms with E-state index in [-0.39, 0.29) is 12.1 Å². The summed E-state index contributed by atoms with van der Waals surface area (Å²) in [6, 6.07) is 13.2. The number of thiazole rings is 1. The second kappa shape index (κ2) is 5.23. The first-order valence-corrected chi connectivity index (χ1v) is 7.72. The Bertz CT molecular complexity index is 831. The molecule has 1 aliphatic heterocycles. The molecule has 0 aliphatic carbocycles. The first kappa shape index (κ1) is 13.0. The van der Waals surface area contributed by atoms with Crippen LogP contribution in [0.4, 0.5) is 5.69 Å². The van der Waals surface area contributed by atoms with Gasteiger partial charge in [0, 0.05) is 17.3 Å². The van der Waals surface area contributed by atoms with Crippen LogP contribution in [0.15, 0.2) is 54.0 Å². The summed E-state index contributed by atoms with van der Waals surface area (Å²) in [6.45, 7) is 0. The van der Waals surface area contributed by atoms with Crippen LogP contribution in [0, 0.1) is 0 Å². The van der Waals surface area contributed by atoms with Crippen molar-refractivity contribution in [1.82, 2.24) is 15.3 Å². The van der Waals surface area contributed by atoms with Crippen molar-refractivity contribution in [3.05, 3.63) is 65.3 Å². The van der Waals surface area contributed by atoms with Crippen molar-refractivity contribution in [2.75, 3.05) is 5.32 Å². The lowest BCUT2D eigenvalue weighted by Gasteiger charge is -2.26. The summed E-state index contributed by atoms with van der Waals surface area (Å²) in [5.74, 6) is -0.0910. The zero-order chi connectivity index (χ0) is 14.9. The smallest absolute Gasteiger partial charge is 0.255 e. The minimum atomic E-state index is -0.323. The van der Waals surface area contributed by atoms with Crippen molar-refractivity contribution in [3.8, 4) is 10.7 Å². The molecular weight excluding hydrogens is 296 g/mol. The van der Waals surface area contributed by atoms with Gasteiger partial charge in [-0.15, -0.1) is 11.3 Å². The normalized spacial score (nSPS) is 16.5. The summed E-state index contributed by atoms with van der Waals surface area (Å²) in [7, 11) is 0. The maximum Gasteiger partial charge on any atom is 0.255 e. The van der Waals surface area contributed by atoms with E-state index in [2.05, 4.69) is 20.6 Å². The molecule has 0 saturated carbocycles. The highest BCUT2D eigenvalue weighted by Gasteiger charge is 2.25. The molecule has 0 radical (unpaired) electrons. The van der Waals surface area contributed by atoms with E-state index in [9.17, 15) is 4.79 Å². The van der Waals surface area contributed by atoms with E-state index in [0.717, 1.165) is 22.1 Å². The third kappa shape index (κ3) is 2.23. The lowest BCUT2D eigenvalue weighted by molar-refractivity contribution is 0.0935. The largest absolute Gasteiger partial charge is 0.360 e. The Labute approximate surface area is 131 Å². The number of pyridine rings is 1. The lowest BCUT2D eigenvalue weighted by atomic mass is 10.1. The number of benzene rings is 1. The number of aromatic nitrogens is 2. The summed E-state index contributed by atoms with van der Waals surface area (Å²) in [6.07, 6.45) is 1.42. The first-order valence-electron chi connectivity index (χ1n) is 6.84. The predicted octanol–water partition coefficient (Wildman–Crippen LogP) is 3.06. The molecular formula is C16H12N4OS. The molecule has 1 aliphatic rings. The van der Waals surface area contributed by atoms with Crippen LogP contribution in [0.3, 0.4) is 0 Å². The first-order chi connectivity index (χ1) is 10.8. The lowest BCUT2D eigenvalue weighted by Crippen LogP contribution is -2.38. The van der Waals surface area contributed by atoms with Gasteiger partial charge in [-0.3, -0.25) is 9.78 Å². The average molecular weight is 308 g/mol. The molecule has 3 heterocycles. The Morgan fingerprint density at radius 1 is 1.05 bits per heavy atom. The number of rotatable bonds is 2. The number of nitrogens with one attached hydrogen (secondary N) is 2.